The number of carbonyl (C=O) groups excluding carboxylic acids is 1. The lowest BCUT2D eigenvalue weighted by Gasteiger charge is -2.18. The molecule has 0 fully saturated rings. The molecule has 1 aromatic heterocycles. The van der Waals surface area contributed by atoms with Crippen LogP contribution in [0.4, 0.5) is 0 Å². The topological polar surface area (TPSA) is 34.9 Å². The Kier molecular flexibility index (Phi) is 4.93. The van der Waals surface area contributed by atoms with Gasteiger partial charge < -0.3 is 0 Å². The van der Waals surface area contributed by atoms with Gasteiger partial charge >= 0.3 is 0 Å². The summed E-state index contributed by atoms with van der Waals surface area (Å²) in [6.07, 6.45) is 2.32. The molecule has 0 unspecified atom stereocenters. The first-order valence-corrected chi connectivity index (χ1v) is 9.05. The quantitative estimate of drug-likeness (QED) is 0.435. The van der Waals surface area contributed by atoms with E-state index in [1.165, 1.54) is 0 Å². The Balaban J connectivity index is 1.67. The predicted molar refractivity (Wildman–Crippen MR) is 108 cm³/mol. The summed E-state index contributed by atoms with van der Waals surface area (Å²) in [6, 6.07) is 31.4. The third-order valence-corrected chi connectivity index (χ3v) is 4.66. The molecule has 0 spiro atoms. The van der Waals surface area contributed by atoms with Crippen LogP contribution in [0.5, 0.6) is 0 Å². The highest BCUT2D eigenvalue weighted by atomic mass is 16.1. The van der Waals surface area contributed by atoms with Gasteiger partial charge in [-0.2, -0.15) is 5.10 Å². The molecule has 3 aromatic carbocycles. The summed E-state index contributed by atoms with van der Waals surface area (Å²) >= 11 is 0. The van der Waals surface area contributed by atoms with Crippen LogP contribution in [-0.2, 0) is 0 Å². The Morgan fingerprint density at radius 1 is 0.778 bits per heavy atom. The Hall–Kier alpha value is -3.46. The molecule has 0 N–H and O–H groups in total. The number of rotatable bonds is 6. The Morgan fingerprint density at radius 3 is 2.04 bits per heavy atom. The van der Waals surface area contributed by atoms with Crippen LogP contribution in [0.25, 0.3) is 11.3 Å². The smallest absolute Gasteiger partial charge is 0.165 e. The molecule has 3 nitrogen and oxygen atoms in total. The van der Waals surface area contributed by atoms with Crippen LogP contribution in [0.15, 0.2) is 103 Å². The molecule has 0 amide bonds. The minimum atomic E-state index is -0.142. The van der Waals surface area contributed by atoms with Crippen molar-refractivity contribution in [2.75, 3.05) is 0 Å². The maximum Gasteiger partial charge on any atom is 0.165 e. The number of benzene rings is 3. The largest absolute Gasteiger partial charge is 0.294 e. The molecule has 3 heteroatoms. The van der Waals surface area contributed by atoms with Crippen molar-refractivity contribution in [1.29, 1.82) is 0 Å². The molecular formula is C24H20N2O. The molecule has 27 heavy (non-hydrogen) atoms. The van der Waals surface area contributed by atoms with Crippen LogP contribution in [0.1, 0.15) is 28.4 Å². The van der Waals surface area contributed by atoms with Gasteiger partial charge in [0.15, 0.2) is 5.78 Å². The van der Waals surface area contributed by atoms with E-state index in [1.807, 2.05) is 108 Å². The minimum Gasteiger partial charge on any atom is -0.294 e. The van der Waals surface area contributed by atoms with E-state index >= 15 is 0 Å². The van der Waals surface area contributed by atoms with E-state index in [0.29, 0.717) is 6.42 Å². The van der Waals surface area contributed by atoms with Gasteiger partial charge in [0.1, 0.15) is 0 Å². The lowest BCUT2D eigenvalue weighted by molar-refractivity contribution is 0.0967. The molecule has 0 radical (unpaired) electrons. The average Bonchev–Trinajstić information content (AvgIpc) is 3.24. The normalized spacial score (nSPS) is 11.9. The molecule has 0 aliphatic rings. The fourth-order valence-corrected chi connectivity index (χ4v) is 3.23. The van der Waals surface area contributed by atoms with Crippen molar-refractivity contribution >= 4 is 5.78 Å². The van der Waals surface area contributed by atoms with Gasteiger partial charge in [-0.3, -0.25) is 9.48 Å². The van der Waals surface area contributed by atoms with E-state index in [1.54, 1.807) is 0 Å². The highest BCUT2D eigenvalue weighted by Gasteiger charge is 2.20. The summed E-state index contributed by atoms with van der Waals surface area (Å²) in [7, 11) is 0. The van der Waals surface area contributed by atoms with Gasteiger partial charge in [0.05, 0.1) is 11.7 Å². The van der Waals surface area contributed by atoms with Crippen LogP contribution in [0.3, 0.4) is 0 Å². The number of hydrogen-bond acceptors (Lipinski definition) is 2. The number of Topliss-reactive ketones (excluding diaryl/α,β-unsaturated/α-hetero) is 1. The van der Waals surface area contributed by atoms with Crippen molar-refractivity contribution in [3.8, 4) is 11.3 Å². The second-order valence-corrected chi connectivity index (χ2v) is 6.47. The summed E-state index contributed by atoms with van der Waals surface area (Å²) in [5, 5.41) is 4.77. The van der Waals surface area contributed by atoms with Crippen molar-refractivity contribution < 1.29 is 4.79 Å². The number of ketones is 1. The van der Waals surface area contributed by atoms with Gasteiger partial charge in [0.25, 0.3) is 0 Å². The summed E-state index contributed by atoms with van der Waals surface area (Å²) in [4.78, 5) is 12.8. The van der Waals surface area contributed by atoms with Crippen LogP contribution in [0.2, 0.25) is 0 Å². The molecule has 4 rings (SSSR count). The van der Waals surface area contributed by atoms with Crippen LogP contribution >= 0.6 is 0 Å². The standard InChI is InChI=1S/C24H20N2O/c27-24(21-14-8-3-9-15-21)18-23(20-12-6-2-7-13-20)26-17-16-22(25-26)19-10-4-1-5-11-19/h1-17,23H,18H2/t23-/m0/s1. The number of nitrogens with zero attached hydrogens (tertiary/aromatic N) is 2. The monoisotopic (exact) mass is 352 g/mol. The molecule has 0 saturated carbocycles. The van der Waals surface area contributed by atoms with E-state index in [9.17, 15) is 4.79 Å². The molecular weight excluding hydrogens is 332 g/mol. The Morgan fingerprint density at radius 2 is 1.37 bits per heavy atom. The maximum atomic E-state index is 12.8. The van der Waals surface area contributed by atoms with Crippen molar-refractivity contribution in [2.45, 2.75) is 12.5 Å². The molecule has 1 atom stereocenters. The van der Waals surface area contributed by atoms with Crippen molar-refractivity contribution in [2.24, 2.45) is 0 Å². The zero-order valence-corrected chi connectivity index (χ0v) is 14.9. The Labute approximate surface area is 158 Å². The van der Waals surface area contributed by atoms with E-state index in [2.05, 4.69) is 0 Å². The van der Waals surface area contributed by atoms with Gasteiger partial charge in [-0.25, -0.2) is 0 Å². The van der Waals surface area contributed by atoms with Crippen LogP contribution < -0.4 is 0 Å². The van der Waals surface area contributed by atoms with Crippen molar-refractivity contribution in [3.05, 3.63) is 114 Å². The van der Waals surface area contributed by atoms with Gasteiger partial charge in [0, 0.05) is 23.7 Å². The summed E-state index contributed by atoms with van der Waals surface area (Å²) in [5.74, 6) is 0.112. The number of aromatic nitrogens is 2. The summed E-state index contributed by atoms with van der Waals surface area (Å²) in [5.41, 5.74) is 3.78. The second kappa shape index (κ2) is 7.83. The fourth-order valence-electron chi connectivity index (χ4n) is 3.23. The van der Waals surface area contributed by atoms with Gasteiger partial charge in [-0.1, -0.05) is 91.0 Å². The van der Waals surface area contributed by atoms with Gasteiger partial charge in [-0.15, -0.1) is 0 Å². The molecule has 0 aliphatic heterocycles. The zero-order valence-electron chi connectivity index (χ0n) is 14.9. The lowest BCUT2D eigenvalue weighted by Crippen LogP contribution is -2.16. The number of carbonyl (C=O) groups is 1. The second-order valence-electron chi connectivity index (χ2n) is 6.47. The third-order valence-electron chi connectivity index (χ3n) is 4.66. The molecule has 0 aliphatic carbocycles. The first-order chi connectivity index (χ1) is 13.3. The Bertz CT molecular complexity index is 1010. The van der Waals surface area contributed by atoms with E-state index < -0.39 is 0 Å². The molecule has 0 bridgehead atoms. The van der Waals surface area contributed by atoms with Crippen LogP contribution in [0, 0.1) is 0 Å². The van der Waals surface area contributed by atoms with E-state index in [4.69, 9.17) is 5.10 Å². The zero-order chi connectivity index (χ0) is 18.5. The van der Waals surface area contributed by atoms with E-state index in [0.717, 1.165) is 22.4 Å². The minimum absolute atomic E-state index is 0.112. The third kappa shape index (κ3) is 3.87. The highest BCUT2D eigenvalue weighted by Crippen LogP contribution is 2.26. The molecule has 0 saturated heterocycles. The average molecular weight is 352 g/mol. The lowest BCUT2D eigenvalue weighted by atomic mass is 9.98. The maximum absolute atomic E-state index is 12.8. The molecule has 132 valence electrons. The summed E-state index contributed by atoms with van der Waals surface area (Å²) in [6.45, 7) is 0. The van der Waals surface area contributed by atoms with E-state index in [-0.39, 0.29) is 11.8 Å². The predicted octanol–water partition coefficient (Wildman–Crippen LogP) is 5.41. The van der Waals surface area contributed by atoms with Gasteiger partial charge in [-0.05, 0) is 11.6 Å². The van der Waals surface area contributed by atoms with Crippen molar-refractivity contribution in [1.82, 2.24) is 9.78 Å². The van der Waals surface area contributed by atoms with Gasteiger partial charge in [0.2, 0.25) is 0 Å². The highest BCUT2D eigenvalue weighted by molar-refractivity contribution is 5.96. The fraction of sp³-hybridized carbons (Fsp3) is 0.0833. The molecule has 1 heterocycles. The van der Waals surface area contributed by atoms with Crippen LogP contribution in [-0.4, -0.2) is 15.6 Å². The number of hydrogen-bond donors (Lipinski definition) is 0. The first kappa shape index (κ1) is 17.0. The van der Waals surface area contributed by atoms with Crippen molar-refractivity contribution in [3.63, 3.8) is 0 Å². The SMILES string of the molecule is O=C(C[C@@H](c1ccccc1)n1ccc(-c2ccccc2)n1)c1ccccc1. The first-order valence-electron chi connectivity index (χ1n) is 9.05. The molecule has 4 aromatic rings. The summed E-state index contributed by atoms with van der Waals surface area (Å²) < 4.78 is 1.90.